The monoisotopic (exact) mass is 483 g/mol. The van der Waals surface area contributed by atoms with Gasteiger partial charge >= 0.3 is 29.9 Å². The maximum absolute atomic E-state index is 8.36. The maximum atomic E-state index is 8.36. The van der Waals surface area contributed by atoms with Crippen LogP contribution in [0.1, 0.15) is 0 Å². The van der Waals surface area contributed by atoms with Gasteiger partial charge in [0.15, 0.2) is 0 Å². The molecule has 0 amide bonds. The fourth-order valence-electron chi connectivity index (χ4n) is 0. The second-order valence-electron chi connectivity index (χ2n) is 0.238. The van der Waals surface area contributed by atoms with E-state index in [9.17, 15) is 0 Å². The van der Waals surface area contributed by atoms with Crippen LogP contribution < -0.4 is 3.50 Å². The molecule has 0 spiro atoms. The van der Waals surface area contributed by atoms with Crippen LogP contribution in [0.5, 0.6) is 0 Å². The summed E-state index contributed by atoms with van der Waals surface area (Å²) >= 11 is 0.528. The van der Waals surface area contributed by atoms with Crippen LogP contribution >= 0.6 is 0 Å². The molecule has 0 aromatic carbocycles. The topological polar surface area (TPSA) is 89.4 Å². The van der Waals surface area contributed by atoms with Crippen molar-refractivity contribution in [2.45, 2.75) is 0 Å². The molecule has 0 aliphatic rings. The van der Waals surface area contributed by atoms with Crippen LogP contribution in [0.25, 0.3) is 0 Å². The van der Waals surface area contributed by atoms with Gasteiger partial charge in [-0.15, -0.1) is 10.1 Å². The molecular formula is H3Hg2N2O3. The Balaban J connectivity index is -0.0000000480. The molecule has 0 heterocycles. The summed E-state index contributed by atoms with van der Waals surface area (Å²) in [5.41, 5.74) is 0. The molecule has 0 aliphatic heterocycles. The Kier molecular flexibility index (Phi) is 35.3. The first-order valence-corrected chi connectivity index (χ1v) is 4.15. The van der Waals surface area contributed by atoms with Crippen molar-refractivity contribution in [2.75, 3.05) is 0 Å². The van der Waals surface area contributed by atoms with Crippen molar-refractivity contribution in [2.24, 2.45) is 3.50 Å². The van der Waals surface area contributed by atoms with Crippen molar-refractivity contribution in [3.05, 3.63) is 10.1 Å². The molecule has 35 valence electrons. The molecule has 0 radical (unpaired) electrons. The first-order chi connectivity index (χ1) is 2.73. The van der Waals surface area contributed by atoms with Gasteiger partial charge in [0.25, 0.3) is 5.09 Å². The third kappa shape index (κ3) is 168. The van der Waals surface area contributed by atoms with Gasteiger partial charge in [0, 0.05) is 27.7 Å². The van der Waals surface area contributed by atoms with Crippen LogP contribution in [0.4, 0.5) is 0 Å². The van der Waals surface area contributed by atoms with Crippen molar-refractivity contribution in [3.8, 4) is 0 Å². The zero-order valence-electron chi connectivity index (χ0n) is 3.70. The Morgan fingerprint density at radius 3 is 1.71 bits per heavy atom. The molecule has 0 unspecified atom stereocenters. The van der Waals surface area contributed by atoms with Crippen molar-refractivity contribution in [1.29, 1.82) is 0 Å². The van der Waals surface area contributed by atoms with Gasteiger partial charge in [0.1, 0.15) is 0 Å². The normalized spacial score (nSPS) is 4.43. The van der Waals surface area contributed by atoms with E-state index in [0.717, 1.165) is 0 Å². The number of hydrogen-bond donors (Lipinski definition) is 2. The Hall–Kier alpha value is 1.03. The second kappa shape index (κ2) is 15.7. The SMILES string of the molecule is O=[N+]([O-])O.[Hg].[NH2][Hg]. The van der Waals surface area contributed by atoms with Crippen molar-refractivity contribution < 1.29 is 64.4 Å². The van der Waals surface area contributed by atoms with Gasteiger partial charge in [0.05, 0.1) is 0 Å². The summed E-state index contributed by atoms with van der Waals surface area (Å²) in [6.07, 6.45) is 0. The summed E-state index contributed by atoms with van der Waals surface area (Å²) < 4.78 is 4.69. The van der Waals surface area contributed by atoms with Gasteiger partial charge in [-0.3, -0.25) is 0 Å². The summed E-state index contributed by atoms with van der Waals surface area (Å²) in [6, 6.07) is 0. The summed E-state index contributed by atoms with van der Waals surface area (Å²) in [6.45, 7) is 0. The fraction of sp³-hybridized carbons (Fsp3) is 0. The molecule has 0 atom stereocenters. The van der Waals surface area contributed by atoms with E-state index in [1.54, 1.807) is 0 Å². The third-order valence-corrected chi connectivity index (χ3v) is 0. The molecule has 0 aliphatic carbocycles. The average molecular weight is 480 g/mol. The van der Waals surface area contributed by atoms with Crippen LogP contribution in [0.2, 0.25) is 0 Å². The van der Waals surface area contributed by atoms with Crippen LogP contribution in [0.3, 0.4) is 0 Å². The van der Waals surface area contributed by atoms with E-state index in [1.165, 1.54) is 0 Å². The molecule has 0 saturated heterocycles. The quantitative estimate of drug-likeness (QED) is 0.266. The predicted octanol–water partition coefficient (Wildman–Crippen LogP) is -0.943. The van der Waals surface area contributed by atoms with E-state index >= 15 is 0 Å². The molecule has 0 fully saturated rings. The molecule has 5 nitrogen and oxygen atoms in total. The molecule has 0 aromatic heterocycles. The molecule has 3 N–H and O–H groups in total. The number of nitrogens with two attached hydrogens (primary N) is 1. The predicted molar refractivity (Wildman–Crippen MR) is 13.0 cm³/mol. The Bertz CT molecular complexity index is 33.9. The van der Waals surface area contributed by atoms with Gasteiger partial charge in [-0.2, -0.15) is 0 Å². The van der Waals surface area contributed by atoms with Crippen LogP contribution in [0.15, 0.2) is 0 Å². The van der Waals surface area contributed by atoms with Crippen LogP contribution in [-0.4, -0.2) is 10.3 Å². The van der Waals surface area contributed by atoms with Crippen molar-refractivity contribution in [1.82, 2.24) is 0 Å². The first-order valence-electron chi connectivity index (χ1n) is 0.973. The molecule has 0 bridgehead atoms. The number of rotatable bonds is 0. The van der Waals surface area contributed by atoms with E-state index in [2.05, 4.69) is 0 Å². The number of hydrogen-bond acceptors (Lipinski definition) is 3. The van der Waals surface area contributed by atoms with Gasteiger partial charge < -0.3 is 5.21 Å². The third-order valence-electron chi connectivity index (χ3n) is 0. The molecule has 7 heteroatoms. The summed E-state index contributed by atoms with van der Waals surface area (Å²) in [7, 11) is 0. The van der Waals surface area contributed by atoms with E-state index in [-0.39, 0.29) is 27.7 Å². The van der Waals surface area contributed by atoms with Crippen molar-refractivity contribution >= 4 is 0 Å². The van der Waals surface area contributed by atoms with Crippen LogP contribution in [0, 0.1) is 10.1 Å². The molecule has 0 saturated carbocycles. The van der Waals surface area contributed by atoms with Crippen molar-refractivity contribution in [3.63, 3.8) is 0 Å². The van der Waals surface area contributed by atoms with Crippen LogP contribution in [-0.2, 0) is 54.1 Å². The minimum atomic E-state index is -1.50. The molecule has 0 aromatic rings. The second-order valence-corrected chi connectivity index (χ2v) is 0.238. The molecule has 0 rings (SSSR count). The Morgan fingerprint density at radius 2 is 1.71 bits per heavy atom. The van der Waals surface area contributed by atoms with E-state index in [4.69, 9.17) is 18.8 Å². The molecule has 7 heavy (non-hydrogen) atoms. The summed E-state index contributed by atoms with van der Waals surface area (Å²) in [5, 5.41) is 13.6. The number of nitrogens with zero attached hydrogens (tertiary/aromatic N) is 1. The van der Waals surface area contributed by atoms with E-state index < -0.39 is 5.09 Å². The Labute approximate surface area is 77.3 Å². The van der Waals surface area contributed by atoms with E-state index in [0.29, 0.717) is 26.4 Å². The van der Waals surface area contributed by atoms with Gasteiger partial charge in [-0.1, -0.05) is 0 Å². The average Bonchev–Trinajstić information content (AvgIpc) is 1.41. The van der Waals surface area contributed by atoms with Gasteiger partial charge in [-0.25, -0.2) is 0 Å². The first kappa shape index (κ1) is 15.7. The summed E-state index contributed by atoms with van der Waals surface area (Å²) in [4.78, 5) is 8.36. The fourth-order valence-corrected chi connectivity index (χ4v) is 0. The Morgan fingerprint density at radius 1 is 1.71 bits per heavy atom. The minimum absolute atomic E-state index is 0. The zero-order chi connectivity index (χ0) is 5.58. The standard InChI is InChI=1S/2Hg.HNO3.H2N/c;;2-1(3)4;/h;;(H,2,3,4);1H2/q;+1;;-1. The van der Waals surface area contributed by atoms with E-state index in [1.807, 2.05) is 0 Å². The van der Waals surface area contributed by atoms with Gasteiger partial charge in [0.2, 0.25) is 0 Å². The van der Waals surface area contributed by atoms with Gasteiger partial charge in [-0.05, 0) is 0 Å². The molecular weight excluding hydrogens is 477 g/mol. The zero-order valence-corrected chi connectivity index (χ0v) is 14.7. The summed E-state index contributed by atoms with van der Waals surface area (Å²) in [5.74, 6) is 0.